The number of hydrogen-bond acceptors (Lipinski definition) is 10. The molecular formula is C44H42N6O6. The molecule has 56 heavy (non-hydrogen) atoms. The highest BCUT2D eigenvalue weighted by Gasteiger charge is 2.16. The average molecular weight is 751 g/mol. The van der Waals surface area contributed by atoms with Crippen molar-refractivity contribution in [3.8, 4) is 68.1 Å². The van der Waals surface area contributed by atoms with E-state index in [1.807, 2.05) is 111 Å². The first-order valence-electron chi connectivity index (χ1n) is 18.1. The van der Waals surface area contributed by atoms with Gasteiger partial charge in [0, 0.05) is 23.3 Å². The van der Waals surface area contributed by atoms with Crippen LogP contribution in [-0.4, -0.2) is 66.6 Å². The van der Waals surface area contributed by atoms with E-state index >= 15 is 0 Å². The third kappa shape index (κ3) is 8.04. The summed E-state index contributed by atoms with van der Waals surface area (Å²) in [4.78, 5) is 0. The number of phenols is 2. The van der Waals surface area contributed by atoms with Gasteiger partial charge in [0.15, 0.2) is 0 Å². The molecule has 6 aromatic carbocycles. The van der Waals surface area contributed by atoms with Gasteiger partial charge in [0.2, 0.25) is 0 Å². The third-order valence-electron chi connectivity index (χ3n) is 8.80. The summed E-state index contributed by atoms with van der Waals surface area (Å²) < 4.78 is 26.2. The average Bonchev–Trinajstić information content (AvgIpc) is 3.81. The molecule has 2 heterocycles. The van der Waals surface area contributed by atoms with Crippen LogP contribution in [0.2, 0.25) is 0 Å². The predicted molar refractivity (Wildman–Crippen MR) is 217 cm³/mol. The van der Waals surface area contributed by atoms with Crippen LogP contribution in [0.1, 0.15) is 27.7 Å². The first kappa shape index (κ1) is 37.2. The van der Waals surface area contributed by atoms with Gasteiger partial charge in [0.1, 0.15) is 45.5 Å². The van der Waals surface area contributed by atoms with Crippen molar-refractivity contribution in [2.75, 3.05) is 14.2 Å². The van der Waals surface area contributed by atoms with Crippen LogP contribution >= 0.6 is 0 Å². The third-order valence-corrected chi connectivity index (χ3v) is 8.80. The van der Waals surface area contributed by atoms with Gasteiger partial charge in [0.05, 0.1) is 48.8 Å². The molecule has 12 heteroatoms. The second kappa shape index (κ2) is 16.1. The monoisotopic (exact) mass is 750 g/mol. The fourth-order valence-electron chi connectivity index (χ4n) is 6.23. The molecule has 2 N–H and O–H groups in total. The van der Waals surface area contributed by atoms with Gasteiger partial charge in [-0.1, -0.05) is 34.7 Å². The minimum Gasteiger partial charge on any atom is -0.508 e. The number of aromatic hydroxyl groups is 2. The summed E-state index contributed by atoms with van der Waals surface area (Å²) in [5.41, 5.74) is 8.67. The van der Waals surface area contributed by atoms with Crippen LogP contribution in [0.5, 0.6) is 34.5 Å². The summed E-state index contributed by atoms with van der Waals surface area (Å²) in [5.74, 6) is 3.50. The Morgan fingerprint density at radius 3 is 1.23 bits per heavy atom. The molecule has 0 aliphatic rings. The summed E-state index contributed by atoms with van der Waals surface area (Å²) in [6.45, 7) is 8.05. The Labute approximate surface area is 324 Å². The molecule has 0 bridgehead atoms. The van der Waals surface area contributed by atoms with Gasteiger partial charge < -0.3 is 29.2 Å². The Morgan fingerprint density at radius 2 is 0.839 bits per heavy atom. The van der Waals surface area contributed by atoms with E-state index in [2.05, 4.69) is 26.7 Å². The number of methoxy groups -OCH3 is 2. The fourth-order valence-corrected chi connectivity index (χ4v) is 6.23. The van der Waals surface area contributed by atoms with E-state index in [4.69, 9.17) is 18.9 Å². The van der Waals surface area contributed by atoms with Crippen molar-refractivity contribution in [2.24, 2.45) is 0 Å². The van der Waals surface area contributed by atoms with Gasteiger partial charge in [-0.05, 0) is 124 Å². The van der Waals surface area contributed by atoms with Crippen LogP contribution in [0.4, 0.5) is 0 Å². The Bertz CT molecular complexity index is 2560. The van der Waals surface area contributed by atoms with E-state index in [1.165, 1.54) is 0 Å². The molecule has 8 rings (SSSR count). The van der Waals surface area contributed by atoms with E-state index in [0.29, 0.717) is 11.3 Å². The van der Waals surface area contributed by atoms with Crippen molar-refractivity contribution in [1.82, 2.24) is 30.0 Å². The highest BCUT2D eigenvalue weighted by Crippen LogP contribution is 2.37. The molecule has 0 saturated carbocycles. The zero-order valence-corrected chi connectivity index (χ0v) is 31.9. The maximum atomic E-state index is 9.51. The van der Waals surface area contributed by atoms with Gasteiger partial charge in [-0.2, -0.15) is 0 Å². The SMILES string of the molecule is COc1cc2nnn(-c3ccc(O)cc3)c2cc1-c1ccc(O)cc1.COc1cc2nnn(-c3ccc(OC(C)C)cc3)c2cc1-c1ccc(OC(C)C)cc1. The van der Waals surface area contributed by atoms with E-state index in [1.54, 1.807) is 55.3 Å². The molecule has 2 aromatic heterocycles. The molecule has 0 spiro atoms. The van der Waals surface area contributed by atoms with Gasteiger partial charge in [-0.25, -0.2) is 9.36 Å². The smallest absolute Gasteiger partial charge is 0.129 e. The molecule has 0 unspecified atom stereocenters. The second-order valence-corrected chi connectivity index (χ2v) is 13.5. The molecule has 0 aliphatic heterocycles. The highest BCUT2D eigenvalue weighted by atomic mass is 16.5. The van der Waals surface area contributed by atoms with Gasteiger partial charge >= 0.3 is 0 Å². The molecule has 0 radical (unpaired) electrons. The molecule has 0 atom stereocenters. The van der Waals surface area contributed by atoms with E-state index in [0.717, 1.165) is 67.4 Å². The largest absolute Gasteiger partial charge is 0.508 e. The summed E-state index contributed by atoms with van der Waals surface area (Å²) in [6, 6.07) is 37.3. The van der Waals surface area contributed by atoms with Crippen molar-refractivity contribution in [3.05, 3.63) is 121 Å². The van der Waals surface area contributed by atoms with Crippen LogP contribution in [0, 0.1) is 0 Å². The number of rotatable bonds is 10. The number of benzene rings is 6. The van der Waals surface area contributed by atoms with Crippen LogP contribution in [-0.2, 0) is 0 Å². The zero-order chi connectivity index (χ0) is 39.3. The molecule has 8 aromatic rings. The quantitative estimate of drug-likeness (QED) is 0.139. The van der Waals surface area contributed by atoms with E-state index in [-0.39, 0.29) is 23.7 Å². The lowest BCUT2D eigenvalue weighted by Gasteiger charge is -2.13. The molecule has 0 fully saturated rings. The maximum Gasteiger partial charge on any atom is 0.129 e. The van der Waals surface area contributed by atoms with Crippen molar-refractivity contribution >= 4 is 22.1 Å². The number of aromatic nitrogens is 6. The van der Waals surface area contributed by atoms with Crippen LogP contribution in [0.15, 0.2) is 121 Å². The van der Waals surface area contributed by atoms with Crippen LogP contribution in [0.25, 0.3) is 55.7 Å². The van der Waals surface area contributed by atoms with Gasteiger partial charge in [-0.3, -0.25) is 0 Å². The van der Waals surface area contributed by atoms with Crippen molar-refractivity contribution in [2.45, 2.75) is 39.9 Å². The fraction of sp³-hybridized carbons (Fsp3) is 0.182. The number of hydrogen-bond donors (Lipinski definition) is 2. The topological polar surface area (TPSA) is 139 Å². The lowest BCUT2D eigenvalue weighted by Crippen LogP contribution is -2.05. The van der Waals surface area contributed by atoms with Crippen LogP contribution < -0.4 is 18.9 Å². The number of phenolic OH excluding ortho intramolecular Hbond substituents is 2. The molecule has 12 nitrogen and oxygen atoms in total. The van der Waals surface area contributed by atoms with E-state index in [9.17, 15) is 10.2 Å². The predicted octanol–water partition coefficient (Wildman–Crippen LogP) is 9.18. The van der Waals surface area contributed by atoms with E-state index < -0.39 is 0 Å². The van der Waals surface area contributed by atoms with Gasteiger partial charge in [-0.15, -0.1) is 10.2 Å². The first-order valence-corrected chi connectivity index (χ1v) is 18.1. The lowest BCUT2D eigenvalue weighted by atomic mass is 10.0. The Balaban J connectivity index is 0.000000175. The Hall–Kier alpha value is -7.08. The summed E-state index contributed by atoms with van der Waals surface area (Å²) in [7, 11) is 3.27. The Kier molecular flexibility index (Phi) is 10.7. The van der Waals surface area contributed by atoms with Crippen LogP contribution in [0.3, 0.4) is 0 Å². The normalized spacial score (nSPS) is 11.1. The molecule has 284 valence electrons. The molecule has 0 aliphatic carbocycles. The minimum absolute atomic E-state index is 0.130. The van der Waals surface area contributed by atoms with Crippen molar-refractivity contribution in [3.63, 3.8) is 0 Å². The molecular weight excluding hydrogens is 709 g/mol. The number of ether oxygens (including phenoxy) is 4. The highest BCUT2D eigenvalue weighted by molar-refractivity contribution is 5.88. The minimum atomic E-state index is 0.130. The van der Waals surface area contributed by atoms with Crippen molar-refractivity contribution in [1.29, 1.82) is 0 Å². The lowest BCUT2D eigenvalue weighted by molar-refractivity contribution is 0.242. The first-order chi connectivity index (χ1) is 27.1. The molecule has 0 amide bonds. The standard InChI is InChI=1S/C25H27N3O3.C19H15N3O3/c1-16(2)30-20-10-6-18(7-11-20)22-14-24-23(15-25(22)29-5)26-27-28(24)19-8-12-21(13-9-19)31-17(3)4;1-25-19-11-17-18(10-16(19)12-2-6-14(23)7-3-12)22(21-20-17)13-4-8-15(24)9-5-13/h6-17H,1-5H3;2-11,23-24H,1H3. The summed E-state index contributed by atoms with van der Waals surface area (Å²) >= 11 is 0. The summed E-state index contributed by atoms with van der Waals surface area (Å²) in [5, 5.41) is 36.1. The summed E-state index contributed by atoms with van der Waals surface area (Å²) in [6.07, 6.45) is 0.264. The van der Waals surface area contributed by atoms with Crippen molar-refractivity contribution < 1.29 is 29.2 Å². The maximum absolute atomic E-state index is 9.51. The van der Waals surface area contributed by atoms with Gasteiger partial charge in [0.25, 0.3) is 0 Å². The number of nitrogens with zero attached hydrogens (tertiary/aromatic N) is 6. The zero-order valence-electron chi connectivity index (χ0n) is 31.9. The Morgan fingerprint density at radius 1 is 0.482 bits per heavy atom. The number of fused-ring (bicyclic) bond motifs is 2. The second-order valence-electron chi connectivity index (χ2n) is 13.5. The molecule has 0 saturated heterocycles.